The van der Waals surface area contributed by atoms with E-state index in [0.717, 1.165) is 0 Å². The molecule has 0 bridgehead atoms. The van der Waals surface area contributed by atoms with Crippen LogP contribution in [0.2, 0.25) is 0 Å². The molecular formula is C13H24N2O2. The molecule has 0 heterocycles. The summed E-state index contributed by atoms with van der Waals surface area (Å²) in [7, 11) is 0. The van der Waals surface area contributed by atoms with Crippen molar-refractivity contribution in [1.82, 2.24) is 5.32 Å². The number of terminal acetylenes is 1. The summed E-state index contributed by atoms with van der Waals surface area (Å²) in [6.45, 7) is 9.29. The first-order chi connectivity index (χ1) is 7.70. The van der Waals surface area contributed by atoms with Crippen molar-refractivity contribution in [2.75, 3.05) is 0 Å². The molecule has 0 aromatic carbocycles. The number of carbonyl (C=O) groups excluding carboxylic acids is 1. The lowest BCUT2D eigenvalue weighted by atomic mass is 10.0. The lowest BCUT2D eigenvalue weighted by molar-refractivity contribution is -0.163. The van der Waals surface area contributed by atoms with Crippen LogP contribution in [0, 0.1) is 18.3 Å². The molecule has 17 heavy (non-hydrogen) atoms. The highest BCUT2D eigenvalue weighted by molar-refractivity contribution is 5.72. The van der Waals surface area contributed by atoms with E-state index in [1.165, 1.54) is 0 Å². The predicted octanol–water partition coefficient (Wildman–Crippen LogP) is 1.25. The highest BCUT2D eigenvalue weighted by Gasteiger charge is 2.32. The molecule has 3 N–H and O–H groups in total. The average molecular weight is 240 g/mol. The summed E-state index contributed by atoms with van der Waals surface area (Å²) < 4.78 is 5.39. The summed E-state index contributed by atoms with van der Waals surface area (Å²) in [6, 6.07) is 0.228. The van der Waals surface area contributed by atoms with Crippen LogP contribution in [-0.4, -0.2) is 23.8 Å². The summed E-state index contributed by atoms with van der Waals surface area (Å²) >= 11 is 0. The lowest BCUT2D eigenvalue weighted by Gasteiger charge is -2.33. The van der Waals surface area contributed by atoms with Gasteiger partial charge in [-0.25, -0.2) is 0 Å². The third kappa shape index (κ3) is 5.71. The van der Waals surface area contributed by atoms with Crippen LogP contribution in [-0.2, 0) is 9.53 Å². The van der Waals surface area contributed by atoms with Crippen molar-refractivity contribution < 1.29 is 9.53 Å². The Hall–Kier alpha value is -1.05. The molecule has 98 valence electrons. The molecule has 0 aliphatic rings. The van der Waals surface area contributed by atoms with Crippen molar-refractivity contribution in [2.45, 2.75) is 58.8 Å². The van der Waals surface area contributed by atoms with Gasteiger partial charge in [0.2, 0.25) is 0 Å². The summed E-state index contributed by atoms with van der Waals surface area (Å²) in [5, 5.41) is 3.12. The van der Waals surface area contributed by atoms with Crippen molar-refractivity contribution in [1.29, 1.82) is 0 Å². The van der Waals surface area contributed by atoms with Gasteiger partial charge in [-0.15, -0.1) is 12.3 Å². The lowest BCUT2D eigenvalue weighted by Crippen LogP contribution is -2.57. The molecule has 0 aliphatic carbocycles. The van der Waals surface area contributed by atoms with Gasteiger partial charge in [-0.1, -0.05) is 6.92 Å². The molecule has 4 nitrogen and oxygen atoms in total. The van der Waals surface area contributed by atoms with Crippen molar-refractivity contribution in [3.8, 4) is 12.3 Å². The Labute approximate surface area is 104 Å². The van der Waals surface area contributed by atoms with Crippen LogP contribution in [0.25, 0.3) is 0 Å². The van der Waals surface area contributed by atoms with Gasteiger partial charge in [-0.2, -0.15) is 0 Å². The molecule has 0 rings (SSSR count). The van der Waals surface area contributed by atoms with Gasteiger partial charge in [0.15, 0.2) is 0 Å². The number of ether oxygens (including phenoxy) is 1. The Kier molecular flexibility index (Phi) is 6.22. The Morgan fingerprint density at radius 3 is 2.41 bits per heavy atom. The van der Waals surface area contributed by atoms with Crippen molar-refractivity contribution in [2.24, 2.45) is 11.7 Å². The summed E-state index contributed by atoms with van der Waals surface area (Å²) in [5.74, 6) is 1.84. The number of nitrogens with two attached hydrogens (primary N) is 1. The summed E-state index contributed by atoms with van der Waals surface area (Å²) in [4.78, 5) is 11.7. The van der Waals surface area contributed by atoms with Crippen LogP contribution < -0.4 is 11.1 Å². The minimum atomic E-state index is -0.760. The SMILES string of the molecule is C#CCC(C)C(=O)OC(C)(C)C(N)NC(C)C. The molecule has 0 aromatic rings. The normalized spacial score (nSPS) is 15.2. The third-order valence-corrected chi connectivity index (χ3v) is 2.45. The van der Waals surface area contributed by atoms with E-state index >= 15 is 0 Å². The minimum absolute atomic E-state index is 0.228. The quantitative estimate of drug-likeness (QED) is 0.417. The predicted molar refractivity (Wildman–Crippen MR) is 69.0 cm³/mol. The molecule has 0 fully saturated rings. The monoisotopic (exact) mass is 240 g/mol. The maximum absolute atomic E-state index is 11.7. The van der Waals surface area contributed by atoms with Crippen molar-refractivity contribution >= 4 is 5.97 Å². The smallest absolute Gasteiger partial charge is 0.310 e. The second kappa shape index (κ2) is 6.63. The molecule has 0 amide bonds. The molecule has 4 heteroatoms. The summed E-state index contributed by atoms with van der Waals surface area (Å²) in [5.41, 5.74) is 5.19. The largest absolute Gasteiger partial charge is 0.456 e. The Morgan fingerprint density at radius 1 is 1.47 bits per heavy atom. The van der Waals surface area contributed by atoms with E-state index in [2.05, 4.69) is 11.2 Å². The number of hydrogen-bond acceptors (Lipinski definition) is 4. The van der Waals surface area contributed by atoms with Crippen LogP contribution >= 0.6 is 0 Å². The fourth-order valence-corrected chi connectivity index (χ4v) is 1.24. The van der Waals surface area contributed by atoms with Crippen LogP contribution in [0.15, 0.2) is 0 Å². The van der Waals surface area contributed by atoms with E-state index in [-0.39, 0.29) is 17.9 Å². The van der Waals surface area contributed by atoms with Gasteiger partial charge in [0.1, 0.15) is 5.60 Å². The first-order valence-electron chi connectivity index (χ1n) is 5.88. The van der Waals surface area contributed by atoms with Crippen molar-refractivity contribution in [3.05, 3.63) is 0 Å². The average Bonchev–Trinajstić information content (AvgIpc) is 2.16. The van der Waals surface area contributed by atoms with E-state index in [0.29, 0.717) is 6.42 Å². The number of rotatable bonds is 6. The zero-order valence-electron chi connectivity index (χ0n) is 11.4. The molecule has 0 aliphatic heterocycles. The Morgan fingerprint density at radius 2 is 2.00 bits per heavy atom. The Balaban J connectivity index is 4.43. The second-order valence-electron chi connectivity index (χ2n) is 5.13. The molecule has 0 saturated carbocycles. The number of nitrogens with one attached hydrogen (secondary N) is 1. The summed E-state index contributed by atoms with van der Waals surface area (Å²) in [6.07, 6.45) is 5.13. The van der Waals surface area contributed by atoms with Crippen LogP contribution in [0.3, 0.4) is 0 Å². The molecular weight excluding hydrogens is 216 g/mol. The van der Waals surface area contributed by atoms with Gasteiger partial charge in [-0.3, -0.25) is 10.1 Å². The fourth-order valence-electron chi connectivity index (χ4n) is 1.24. The van der Waals surface area contributed by atoms with Crippen molar-refractivity contribution in [3.63, 3.8) is 0 Å². The number of hydrogen-bond donors (Lipinski definition) is 2. The van der Waals surface area contributed by atoms with Gasteiger partial charge in [0.25, 0.3) is 0 Å². The zero-order valence-corrected chi connectivity index (χ0v) is 11.4. The topological polar surface area (TPSA) is 64.3 Å². The fraction of sp³-hybridized carbons (Fsp3) is 0.769. The molecule has 0 saturated heterocycles. The second-order valence-corrected chi connectivity index (χ2v) is 5.13. The first-order valence-corrected chi connectivity index (χ1v) is 5.88. The molecule has 0 radical (unpaired) electrons. The van der Waals surface area contributed by atoms with Crippen LogP contribution in [0.1, 0.15) is 41.0 Å². The van der Waals surface area contributed by atoms with Crippen LogP contribution in [0.4, 0.5) is 0 Å². The van der Waals surface area contributed by atoms with Gasteiger partial charge >= 0.3 is 5.97 Å². The van der Waals surface area contributed by atoms with E-state index in [1.54, 1.807) is 20.8 Å². The Bertz CT molecular complexity index is 292. The highest BCUT2D eigenvalue weighted by Crippen LogP contribution is 2.16. The minimum Gasteiger partial charge on any atom is -0.456 e. The molecule has 0 spiro atoms. The first kappa shape index (κ1) is 16.0. The highest BCUT2D eigenvalue weighted by atomic mass is 16.6. The van der Waals surface area contributed by atoms with E-state index in [9.17, 15) is 4.79 Å². The van der Waals surface area contributed by atoms with E-state index in [1.807, 2.05) is 13.8 Å². The van der Waals surface area contributed by atoms with Crippen LogP contribution in [0.5, 0.6) is 0 Å². The number of carbonyl (C=O) groups is 1. The zero-order chi connectivity index (χ0) is 13.6. The van der Waals surface area contributed by atoms with E-state index < -0.39 is 11.8 Å². The van der Waals surface area contributed by atoms with Gasteiger partial charge in [0, 0.05) is 12.5 Å². The molecule has 0 aromatic heterocycles. The maximum Gasteiger partial charge on any atom is 0.310 e. The standard InChI is InChI=1S/C13H24N2O2/c1-7-8-10(4)11(16)17-13(5,6)12(14)15-9(2)3/h1,9-10,12,15H,8,14H2,2-6H3. The maximum atomic E-state index is 11.7. The molecule has 2 unspecified atom stereocenters. The van der Waals surface area contributed by atoms with Gasteiger partial charge in [-0.05, 0) is 27.7 Å². The van der Waals surface area contributed by atoms with Gasteiger partial charge < -0.3 is 10.5 Å². The third-order valence-electron chi connectivity index (χ3n) is 2.45. The van der Waals surface area contributed by atoms with Gasteiger partial charge in [0.05, 0.1) is 12.1 Å². The van der Waals surface area contributed by atoms with E-state index in [4.69, 9.17) is 16.9 Å². The number of esters is 1. The molecule has 2 atom stereocenters.